The van der Waals surface area contributed by atoms with E-state index in [1.807, 2.05) is 36.4 Å². The Hall–Kier alpha value is -3.20. The molecule has 1 unspecified atom stereocenters. The molecular weight excluding hydrogens is 330 g/mol. The summed E-state index contributed by atoms with van der Waals surface area (Å²) >= 11 is 0. The summed E-state index contributed by atoms with van der Waals surface area (Å²) in [5, 5.41) is 17.5. The monoisotopic (exact) mass is 351 g/mol. The van der Waals surface area contributed by atoms with E-state index in [-0.39, 0.29) is 5.92 Å². The van der Waals surface area contributed by atoms with E-state index in [9.17, 15) is 10.1 Å². The molecule has 0 saturated carbocycles. The maximum absolute atomic E-state index is 12.0. The first-order valence-corrected chi connectivity index (χ1v) is 8.21. The second-order valence-electron chi connectivity index (χ2n) is 5.99. The van der Waals surface area contributed by atoms with E-state index >= 15 is 0 Å². The molecule has 2 rings (SSSR count). The van der Waals surface area contributed by atoms with Gasteiger partial charge in [0.1, 0.15) is 18.4 Å². The number of benzene rings is 2. The van der Waals surface area contributed by atoms with Crippen LogP contribution in [0.2, 0.25) is 0 Å². The van der Waals surface area contributed by atoms with Crippen molar-refractivity contribution in [3.63, 3.8) is 0 Å². The molecule has 0 saturated heterocycles. The molecule has 0 aliphatic carbocycles. The molecule has 0 amide bonds. The van der Waals surface area contributed by atoms with E-state index in [4.69, 9.17) is 9.47 Å². The Morgan fingerprint density at radius 1 is 1.15 bits per heavy atom. The van der Waals surface area contributed by atoms with Crippen LogP contribution in [0.5, 0.6) is 5.75 Å². The fourth-order valence-corrected chi connectivity index (χ4v) is 2.23. The number of rotatable bonds is 7. The molecule has 0 N–H and O–H groups in total. The minimum atomic E-state index is -1.66. The lowest BCUT2D eigenvalue weighted by molar-refractivity contribution is -0.146. The lowest BCUT2D eigenvalue weighted by atomic mass is 9.89. The van der Waals surface area contributed by atoms with Gasteiger partial charge in [-0.2, -0.15) is 15.5 Å². The molecule has 0 aliphatic heterocycles. The number of hydrogen-bond acceptors (Lipinski definition) is 6. The normalized spacial score (nSPS) is 13.2. The van der Waals surface area contributed by atoms with Crippen LogP contribution < -0.4 is 4.74 Å². The van der Waals surface area contributed by atoms with Crippen LogP contribution in [-0.4, -0.2) is 18.6 Å². The Kier molecular flexibility index (Phi) is 6.45. The summed E-state index contributed by atoms with van der Waals surface area (Å²) in [6.07, 6.45) is 0. The number of azo groups is 1. The van der Waals surface area contributed by atoms with Crippen molar-refractivity contribution < 1.29 is 14.3 Å². The van der Waals surface area contributed by atoms with Gasteiger partial charge in [0.2, 0.25) is 0 Å². The van der Waals surface area contributed by atoms with Gasteiger partial charge in [-0.25, -0.2) is 4.79 Å². The van der Waals surface area contributed by atoms with Gasteiger partial charge in [-0.1, -0.05) is 44.2 Å². The largest absolute Gasteiger partial charge is 0.489 e. The van der Waals surface area contributed by atoms with Crippen LogP contribution in [-0.2, 0) is 16.1 Å². The molecule has 0 aliphatic rings. The molecule has 6 nitrogen and oxygen atoms in total. The number of hydrogen-bond donors (Lipinski definition) is 0. The maximum Gasteiger partial charge on any atom is 0.350 e. The van der Waals surface area contributed by atoms with Crippen molar-refractivity contribution in [1.82, 2.24) is 0 Å². The summed E-state index contributed by atoms with van der Waals surface area (Å²) in [6.45, 7) is 3.91. The molecule has 1 atom stereocenters. The third-order valence-electron chi connectivity index (χ3n) is 3.91. The molecule has 0 aromatic heterocycles. The summed E-state index contributed by atoms with van der Waals surface area (Å²) < 4.78 is 10.4. The third kappa shape index (κ3) is 4.45. The van der Waals surface area contributed by atoms with Crippen LogP contribution in [0.3, 0.4) is 0 Å². The SMILES string of the molecule is COC(=O)C(C#N)(N=Nc1ccc(OCc2ccccc2)cc1)C(C)C. The summed E-state index contributed by atoms with van der Waals surface area (Å²) in [5.74, 6) is -0.407. The Bertz CT molecular complexity index is 795. The molecule has 0 fully saturated rings. The Morgan fingerprint density at radius 3 is 2.35 bits per heavy atom. The average Bonchev–Trinajstić information content (AvgIpc) is 2.68. The van der Waals surface area contributed by atoms with Gasteiger partial charge < -0.3 is 9.47 Å². The van der Waals surface area contributed by atoms with Gasteiger partial charge in [0.25, 0.3) is 5.54 Å². The van der Waals surface area contributed by atoms with Crippen molar-refractivity contribution in [3.05, 3.63) is 60.2 Å². The van der Waals surface area contributed by atoms with Crippen LogP contribution in [0.15, 0.2) is 64.8 Å². The Labute approximate surface area is 153 Å². The summed E-state index contributed by atoms with van der Waals surface area (Å²) in [7, 11) is 1.23. The van der Waals surface area contributed by atoms with Gasteiger partial charge in [0.05, 0.1) is 12.8 Å². The van der Waals surface area contributed by atoms with E-state index in [1.165, 1.54) is 7.11 Å². The summed E-state index contributed by atoms with van der Waals surface area (Å²) in [5.41, 5.74) is -0.0663. The predicted molar refractivity (Wildman–Crippen MR) is 96.9 cm³/mol. The number of esters is 1. The zero-order chi connectivity index (χ0) is 19.0. The van der Waals surface area contributed by atoms with Crippen LogP contribution >= 0.6 is 0 Å². The molecule has 6 heteroatoms. The molecule has 0 heterocycles. The van der Waals surface area contributed by atoms with Crippen molar-refractivity contribution in [2.75, 3.05) is 7.11 Å². The van der Waals surface area contributed by atoms with Gasteiger partial charge in [-0.15, -0.1) is 0 Å². The second kappa shape index (κ2) is 8.77. The first-order valence-electron chi connectivity index (χ1n) is 8.21. The molecule has 134 valence electrons. The van der Waals surface area contributed by atoms with Crippen LogP contribution in [0, 0.1) is 17.2 Å². The van der Waals surface area contributed by atoms with E-state index in [1.54, 1.807) is 38.1 Å². The number of carbonyl (C=O) groups excluding carboxylic acids is 1. The van der Waals surface area contributed by atoms with Gasteiger partial charge >= 0.3 is 5.97 Å². The van der Waals surface area contributed by atoms with Gasteiger partial charge in [0.15, 0.2) is 0 Å². The highest BCUT2D eigenvalue weighted by Gasteiger charge is 2.44. The van der Waals surface area contributed by atoms with Crippen molar-refractivity contribution in [1.29, 1.82) is 5.26 Å². The number of nitriles is 1. The smallest absolute Gasteiger partial charge is 0.350 e. The number of methoxy groups -OCH3 is 1. The van der Waals surface area contributed by atoms with Crippen LogP contribution in [0.1, 0.15) is 19.4 Å². The molecule has 26 heavy (non-hydrogen) atoms. The number of nitrogens with zero attached hydrogens (tertiary/aromatic N) is 3. The van der Waals surface area contributed by atoms with Gasteiger partial charge in [-0.05, 0) is 29.8 Å². The first-order chi connectivity index (χ1) is 12.5. The van der Waals surface area contributed by atoms with Crippen molar-refractivity contribution >= 4 is 11.7 Å². The Morgan fingerprint density at radius 2 is 1.81 bits per heavy atom. The quantitative estimate of drug-likeness (QED) is 0.545. The third-order valence-corrected chi connectivity index (χ3v) is 3.91. The lowest BCUT2D eigenvalue weighted by Gasteiger charge is -2.21. The molecule has 0 spiro atoms. The second-order valence-corrected chi connectivity index (χ2v) is 5.99. The summed E-state index contributed by atoms with van der Waals surface area (Å²) in [6, 6.07) is 18.7. The van der Waals surface area contributed by atoms with E-state index < -0.39 is 11.5 Å². The van der Waals surface area contributed by atoms with E-state index in [2.05, 4.69) is 10.2 Å². The highest BCUT2D eigenvalue weighted by molar-refractivity contribution is 5.84. The molecular formula is C20H21N3O3. The molecule has 2 aromatic carbocycles. The van der Waals surface area contributed by atoms with Gasteiger partial charge in [0, 0.05) is 5.92 Å². The van der Waals surface area contributed by atoms with E-state index in [0.29, 0.717) is 18.0 Å². The number of carbonyl (C=O) groups is 1. The molecule has 0 radical (unpaired) electrons. The van der Waals surface area contributed by atoms with Gasteiger partial charge in [-0.3, -0.25) is 0 Å². The predicted octanol–water partition coefficient (Wildman–Crippen LogP) is 4.44. The average molecular weight is 351 g/mol. The van der Waals surface area contributed by atoms with E-state index in [0.717, 1.165) is 5.56 Å². The standard InChI is InChI=1S/C20H21N3O3/c1-15(2)20(14-21,19(24)25-3)23-22-17-9-11-18(12-10-17)26-13-16-7-5-4-6-8-16/h4-12,15H,13H2,1-3H3. The minimum Gasteiger partial charge on any atom is -0.489 e. The fraction of sp³-hybridized carbons (Fsp3) is 0.300. The van der Waals surface area contributed by atoms with Crippen molar-refractivity contribution in [2.45, 2.75) is 26.0 Å². The van der Waals surface area contributed by atoms with Crippen molar-refractivity contribution in [3.8, 4) is 11.8 Å². The Balaban J connectivity index is 2.09. The summed E-state index contributed by atoms with van der Waals surface area (Å²) in [4.78, 5) is 12.0. The minimum absolute atomic E-state index is 0.378. The fourth-order valence-electron chi connectivity index (χ4n) is 2.23. The zero-order valence-corrected chi connectivity index (χ0v) is 15.0. The van der Waals surface area contributed by atoms with Crippen LogP contribution in [0.4, 0.5) is 5.69 Å². The lowest BCUT2D eigenvalue weighted by Crippen LogP contribution is -2.41. The molecule has 2 aromatic rings. The highest BCUT2D eigenvalue weighted by atomic mass is 16.5. The van der Waals surface area contributed by atoms with Crippen LogP contribution in [0.25, 0.3) is 0 Å². The maximum atomic E-state index is 12.0. The number of ether oxygens (including phenoxy) is 2. The molecule has 0 bridgehead atoms. The highest BCUT2D eigenvalue weighted by Crippen LogP contribution is 2.27. The van der Waals surface area contributed by atoms with Crippen molar-refractivity contribution in [2.24, 2.45) is 16.1 Å². The zero-order valence-electron chi connectivity index (χ0n) is 15.0. The first kappa shape index (κ1) is 19.1. The topological polar surface area (TPSA) is 84.0 Å².